The molecule has 1 unspecified atom stereocenters. The Hall–Kier alpha value is -1.38. The SMILES string of the molecule is COC(=O)C(C)(C)C1C=CC2=C(CCC2=O)C1. The first-order valence-corrected chi connectivity index (χ1v) is 5.98. The number of ketones is 1. The minimum atomic E-state index is -0.532. The molecular formula is C14H18O3. The van der Waals surface area contributed by atoms with E-state index in [1.165, 1.54) is 12.7 Å². The Morgan fingerprint density at radius 1 is 1.41 bits per heavy atom. The molecule has 1 atom stereocenters. The normalized spacial score (nSPS) is 23.9. The van der Waals surface area contributed by atoms with E-state index in [9.17, 15) is 9.59 Å². The molecule has 0 spiro atoms. The van der Waals surface area contributed by atoms with E-state index in [1.807, 2.05) is 26.0 Å². The Balaban J connectivity index is 2.19. The summed E-state index contributed by atoms with van der Waals surface area (Å²) in [5, 5.41) is 0. The van der Waals surface area contributed by atoms with Crippen LogP contribution in [-0.2, 0) is 14.3 Å². The van der Waals surface area contributed by atoms with Crippen LogP contribution in [0.3, 0.4) is 0 Å². The molecule has 0 heterocycles. The molecule has 2 rings (SSSR count). The number of ether oxygens (including phenoxy) is 1. The Kier molecular flexibility index (Phi) is 2.94. The zero-order valence-corrected chi connectivity index (χ0v) is 10.6. The molecule has 0 amide bonds. The highest BCUT2D eigenvalue weighted by molar-refractivity contribution is 6.01. The predicted octanol–water partition coefficient (Wildman–Crippen LogP) is 2.42. The minimum Gasteiger partial charge on any atom is -0.469 e. The van der Waals surface area contributed by atoms with Crippen LogP contribution in [0, 0.1) is 11.3 Å². The number of esters is 1. The molecule has 0 aromatic rings. The van der Waals surface area contributed by atoms with Gasteiger partial charge < -0.3 is 4.74 Å². The summed E-state index contributed by atoms with van der Waals surface area (Å²) in [5.41, 5.74) is 1.55. The molecule has 0 aromatic carbocycles. The van der Waals surface area contributed by atoms with Crippen molar-refractivity contribution in [3.05, 3.63) is 23.3 Å². The van der Waals surface area contributed by atoms with Gasteiger partial charge in [0.05, 0.1) is 12.5 Å². The number of Topliss-reactive ketones (excluding diaryl/α,β-unsaturated/α-hetero) is 1. The summed E-state index contributed by atoms with van der Waals surface area (Å²) in [7, 11) is 1.42. The summed E-state index contributed by atoms with van der Waals surface area (Å²) >= 11 is 0. The Morgan fingerprint density at radius 3 is 2.76 bits per heavy atom. The van der Waals surface area contributed by atoms with Gasteiger partial charge in [0, 0.05) is 12.0 Å². The van der Waals surface area contributed by atoms with E-state index >= 15 is 0 Å². The fraction of sp³-hybridized carbons (Fsp3) is 0.571. The summed E-state index contributed by atoms with van der Waals surface area (Å²) < 4.78 is 4.84. The van der Waals surface area contributed by atoms with Gasteiger partial charge in [0.1, 0.15) is 0 Å². The van der Waals surface area contributed by atoms with E-state index in [0.717, 1.165) is 18.4 Å². The van der Waals surface area contributed by atoms with Crippen LogP contribution < -0.4 is 0 Å². The zero-order chi connectivity index (χ0) is 12.6. The minimum absolute atomic E-state index is 0.125. The first kappa shape index (κ1) is 12.1. The summed E-state index contributed by atoms with van der Waals surface area (Å²) in [4.78, 5) is 23.3. The number of carbonyl (C=O) groups excluding carboxylic acids is 2. The van der Waals surface area contributed by atoms with Crippen LogP contribution in [0.1, 0.15) is 33.1 Å². The van der Waals surface area contributed by atoms with Crippen molar-refractivity contribution in [2.24, 2.45) is 11.3 Å². The molecule has 92 valence electrons. The van der Waals surface area contributed by atoms with Crippen molar-refractivity contribution in [2.45, 2.75) is 33.1 Å². The third kappa shape index (κ3) is 1.94. The van der Waals surface area contributed by atoms with E-state index in [4.69, 9.17) is 4.74 Å². The van der Waals surface area contributed by atoms with E-state index in [0.29, 0.717) is 6.42 Å². The van der Waals surface area contributed by atoms with Crippen molar-refractivity contribution in [3.63, 3.8) is 0 Å². The van der Waals surface area contributed by atoms with Gasteiger partial charge in [-0.15, -0.1) is 0 Å². The van der Waals surface area contributed by atoms with E-state index in [-0.39, 0.29) is 17.7 Å². The highest BCUT2D eigenvalue weighted by atomic mass is 16.5. The average Bonchev–Trinajstić information content (AvgIpc) is 2.69. The second-order valence-corrected chi connectivity index (χ2v) is 5.32. The Bertz CT molecular complexity index is 427. The maximum absolute atomic E-state index is 11.8. The van der Waals surface area contributed by atoms with Gasteiger partial charge in [-0.05, 0) is 32.6 Å². The lowest BCUT2D eigenvalue weighted by Gasteiger charge is -2.31. The Morgan fingerprint density at radius 2 is 2.12 bits per heavy atom. The van der Waals surface area contributed by atoms with E-state index < -0.39 is 5.41 Å². The fourth-order valence-corrected chi connectivity index (χ4v) is 2.61. The van der Waals surface area contributed by atoms with Gasteiger partial charge in [-0.3, -0.25) is 9.59 Å². The first-order valence-electron chi connectivity index (χ1n) is 5.98. The molecule has 3 heteroatoms. The Labute approximate surface area is 102 Å². The molecule has 0 aromatic heterocycles. The second-order valence-electron chi connectivity index (χ2n) is 5.32. The lowest BCUT2D eigenvalue weighted by atomic mass is 9.73. The molecule has 0 radical (unpaired) electrons. The van der Waals surface area contributed by atoms with Crippen LogP contribution in [-0.4, -0.2) is 18.9 Å². The van der Waals surface area contributed by atoms with Gasteiger partial charge in [-0.2, -0.15) is 0 Å². The summed E-state index contributed by atoms with van der Waals surface area (Å²) in [6.07, 6.45) is 6.16. The summed E-state index contributed by atoms with van der Waals surface area (Å²) in [6.45, 7) is 3.80. The van der Waals surface area contributed by atoms with Crippen molar-refractivity contribution in [1.82, 2.24) is 0 Å². The fourth-order valence-electron chi connectivity index (χ4n) is 2.61. The van der Waals surface area contributed by atoms with Gasteiger partial charge in [-0.1, -0.05) is 17.7 Å². The number of carbonyl (C=O) groups is 2. The number of hydrogen-bond acceptors (Lipinski definition) is 3. The summed E-state index contributed by atoms with van der Waals surface area (Å²) in [6, 6.07) is 0. The van der Waals surface area contributed by atoms with Crippen LogP contribution >= 0.6 is 0 Å². The number of hydrogen-bond donors (Lipinski definition) is 0. The largest absolute Gasteiger partial charge is 0.469 e. The molecule has 0 saturated carbocycles. The molecule has 0 fully saturated rings. The monoisotopic (exact) mass is 234 g/mol. The second kappa shape index (κ2) is 4.13. The highest BCUT2D eigenvalue weighted by Gasteiger charge is 2.39. The number of methoxy groups -OCH3 is 1. The standard InChI is InChI=1S/C14H18O3/c1-14(2,13(16)17-3)10-5-6-11-9(8-10)4-7-12(11)15/h5-6,10H,4,7-8H2,1-3H3. The van der Waals surface area contributed by atoms with Crippen LogP contribution in [0.15, 0.2) is 23.3 Å². The molecule has 0 saturated heterocycles. The van der Waals surface area contributed by atoms with Gasteiger partial charge >= 0.3 is 5.97 Å². The molecule has 3 nitrogen and oxygen atoms in total. The zero-order valence-electron chi connectivity index (χ0n) is 10.6. The van der Waals surface area contributed by atoms with Crippen molar-refractivity contribution in [2.75, 3.05) is 7.11 Å². The smallest absolute Gasteiger partial charge is 0.311 e. The van der Waals surface area contributed by atoms with Crippen LogP contribution in [0.25, 0.3) is 0 Å². The lowest BCUT2D eigenvalue weighted by molar-refractivity contribution is -0.152. The van der Waals surface area contributed by atoms with Gasteiger partial charge in [-0.25, -0.2) is 0 Å². The van der Waals surface area contributed by atoms with E-state index in [2.05, 4.69) is 0 Å². The van der Waals surface area contributed by atoms with Crippen molar-refractivity contribution in [1.29, 1.82) is 0 Å². The van der Waals surface area contributed by atoms with Crippen molar-refractivity contribution in [3.8, 4) is 0 Å². The maximum Gasteiger partial charge on any atom is 0.311 e. The molecule has 17 heavy (non-hydrogen) atoms. The number of allylic oxidation sites excluding steroid dienone is 4. The maximum atomic E-state index is 11.8. The molecule has 2 aliphatic carbocycles. The van der Waals surface area contributed by atoms with E-state index in [1.54, 1.807) is 0 Å². The average molecular weight is 234 g/mol. The van der Waals surface area contributed by atoms with Gasteiger partial charge in [0.2, 0.25) is 0 Å². The molecule has 0 N–H and O–H groups in total. The molecule has 2 aliphatic rings. The molecule has 0 aliphatic heterocycles. The lowest BCUT2D eigenvalue weighted by Crippen LogP contribution is -2.34. The van der Waals surface area contributed by atoms with Crippen molar-refractivity contribution < 1.29 is 14.3 Å². The number of rotatable bonds is 2. The third-order valence-electron chi connectivity index (χ3n) is 3.94. The highest BCUT2D eigenvalue weighted by Crippen LogP contribution is 2.41. The van der Waals surface area contributed by atoms with Crippen LogP contribution in [0.2, 0.25) is 0 Å². The third-order valence-corrected chi connectivity index (χ3v) is 3.94. The topological polar surface area (TPSA) is 43.4 Å². The van der Waals surface area contributed by atoms with Crippen molar-refractivity contribution >= 4 is 11.8 Å². The molecule has 0 bridgehead atoms. The quantitative estimate of drug-likeness (QED) is 0.689. The van der Waals surface area contributed by atoms with Gasteiger partial charge in [0.25, 0.3) is 0 Å². The predicted molar refractivity (Wildman–Crippen MR) is 64.3 cm³/mol. The summed E-state index contributed by atoms with van der Waals surface area (Å²) in [5.74, 6) is 0.172. The molecular weight excluding hydrogens is 216 g/mol. The van der Waals surface area contributed by atoms with Crippen LogP contribution in [0.5, 0.6) is 0 Å². The van der Waals surface area contributed by atoms with Crippen LogP contribution in [0.4, 0.5) is 0 Å². The van der Waals surface area contributed by atoms with Gasteiger partial charge in [0.15, 0.2) is 5.78 Å². The first-order chi connectivity index (χ1) is 7.96.